The number of nitrogen functional groups attached to an aromatic ring is 1. The molecule has 1 aromatic carbocycles. The number of halogens is 1. The standard InChI is InChI=1S/C19H26N4O.ClH/c1-19(2,3)23-17(14-6-7-14)12-16(22-23)18(24)21-11-10-13-4-8-15(20)9-5-13;/h4-5,8-9,12,14H,6-7,10-11,20H2,1-3H3,(H,21,24);1H. The molecule has 1 heterocycles. The first-order valence-electron chi connectivity index (χ1n) is 8.57. The number of carbonyl (C=O) groups excluding carboxylic acids is 1. The van der Waals surface area contributed by atoms with Crippen molar-refractivity contribution in [3.8, 4) is 0 Å². The zero-order valence-electron chi connectivity index (χ0n) is 15.1. The highest BCUT2D eigenvalue weighted by Gasteiger charge is 2.32. The Labute approximate surface area is 155 Å². The molecule has 25 heavy (non-hydrogen) atoms. The predicted molar refractivity (Wildman–Crippen MR) is 103 cm³/mol. The fourth-order valence-electron chi connectivity index (χ4n) is 2.81. The van der Waals surface area contributed by atoms with Crippen LogP contribution in [0.2, 0.25) is 0 Å². The Hall–Kier alpha value is -2.01. The summed E-state index contributed by atoms with van der Waals surface area (Å²) in [7, 11) is 0. The van der Waals surface area contributed by atoms with E-state index in [1.807, 2.05) is 35.0 Å². The van der Waals surface area contributed by atoms with Gasteiger partial charge in [-0.1, -0.05) is 12.1 Å². The third kappa shape index (κ3) is 4.75. The van der Waals surface area contributed by atoms with Crippen molar-refractivity contribution in [1.82, 2.24) is 15.1 Å². The molecule has 1 amide bonds. The van der Waals surface area contributed by atoms with E-state index >= 15 is 0 Å². The third-order valence-electron chi connectivity index (χ3n) is 4.28. The van der Waals surface area contributed by atoms with Crippen molar-refractivity contribution in [3.05, 3.63) is 47.3 Å². The molecule has 2 aromatic rings. The summed E-state index contributed by atoms with van der Waals surface area (Å²) in [5.41, 5.74) is 9.18. The lowest BCUT2D eigenvalue weighted by atomic mass is 10.1. The molecule has 1 fully saturated rings. The van der Waals surface area contributed by atoms with E-state index in [-0.39, 0.29) is 23.9 Å². The van der Waals surface area contributed by atoms with E-state index in [1.165, 1.54) is 18.5 Å². The molecule has 0 atom stereocenters. The van der Waals surface area contributed by atoms with Gasteiger partial charge in [-0.3, -0.25) is 9.48 Å². The summed E-state index contributed by atoms with van der Waals surface area (Å²) in [4.78, 5) is 12.4. The molecule has 0 saturated heterocycles. The number of rotatable bonds is 5. The quantitative estimate of drug-likeness (QED) is 0.799. The highest BCUT2D eigenvalue weighted by molar-refractivity contribution is 5.92. The summed E-state index contributed by atoms with van der Waals surface area (Å²) < 4.78 is 2.01. The molecule has 5 nitrogen and oxygen atoms in total. The minimum atomic E-state index is -0.111. The Bertz CT molecular complexity index is 727. The van der Waals surface area contributed by atoms with Crippen LogP contribution in [0.15, 0.2) is 30.3 Å². The van der Waals surface area contributed by atoms with Gasteiger partial charge in [-0.05, 0) is 63.8 Å². The monoisotopic (exact) mass is 362 g/mol. The van der Waals surface area contributed by atoms with Crippen LogP contribution >= 0.6 is 12.4 Å². The van der Waals surface area contributed by atoms with Gasteiger partial charge in [-0.25, -0.2) is 0 Å². The van der Waals surface area contributed by atoms with Crippen molar-refractivity contribution in [2.45, 2.75) is 51.5 Å². The van der Waals surface area contributed by atoms with Gasteiger partial charge >= 0.3 is 0 Å². The maximum atomic E-state index is 12.4. The molecule has 0 radical (unpaired) electrons. The molecule has 1 aliphatic carbocycles. The molecule has 3 rings (SSSR count). The topological polar surface area (TPSA) is 72.9 Å². The first-order chi connectivity index (χ1) is 11.3. The van der Waals surface area contributed by atoms with Gasteiger partial charge in [0.1, 0.15) is 5.69 Å². The Morgan fingerprint density at radius 1 is 1.28 bits per heavy atom. The van der Waals surface area contributed by atoms with Crippen molar-refractivity contribution in [2.24, 2.45) is 0 Å². The number of carbonyl (C=O) groups is 1. The molecule has 3 N–H and O–H groups in total. The first-order valence-corrected chi connectivity index (χ1v) is 8.57. The second-order valence-electron chi connectivity index (χ2n) is 7.56. The number of hydrogen-bond acceptors (Lipinski definition) is 3. The lowest BCUT2D eigenvalue weighted by Gasteiger charge is -2.22. The highest BCUT2D eigenvalue weighted by Crippen LogP contribution is 2.41. The SMILES string of the molecule is CC(C)(C)n1nc(C(=O)NCCc2ccc(N)cc2)cc1C1CC1.Cl. The lowest BCUT2D eigenvalue weighted by molar-refractivity contribution is 0.0947. The number of benzene rings is 1. The number of nitrogens with one attached hydrogen (secondary N) is 1. The number of nitrogens with two attached hydrogens (primary N) is 1. The average molecular weight is 363 g/mol. The molecule has 0 aliphatic heterocycles. The molecule has 0 bridgehead atoms. The predicted octanol–water partition coefficient (Wildman–Crippen LogP) is 3.49. The summed E-state index contributed by atoms with van der Waals surface area (Å²) in [6.45, 7) is 6.95. The number of anilines is 1. The number of aromatic nitrogens is 2. The molecule has 0 spiro atoms. The average Bonchev–Trinajstić information content (AvgIpc) is 3.26. The fourth-order valence-corrected chi connectivity index (χ4v) is 2.81. The zero-order chi connectivity index (χ0) is 17.3. The van der Waals surface area contributed by atoms with Crippen LogP contribution in [0.5, 0.6) is 0 Å². The number of hydrogen-bond donors (Lipinski definition) is 2. The van der Waals surface area contributed by atoms with Crippen LogP contribution in [-0.2, 0) is 12.0 Å². The largest absolute Gasteiger partial charge is 0.399 e. The summed E-state index contributed by atoms with van der Waals surface area (Å²) in [5, 5.41) is 7.54. The molecule has 1 aromatic heterocycles. The second kappa shape index (κ2) is 7.48. The molecule has 1 aliphatic rings. The second-order valence-corrected chi connectivity index (χ2v) is 7.56. The Morgan fingerprint density at radius 3 is 2.48 bits per heavy atom. The van der Waals surface area contributed by atoms with Gasteiger partial charge in [0.05, 0.1) is 5.54 Å². The van der Waals surface area contributed by atoms with Gasteiger partial charge in [0.15, 0.2) is 0 Å². The molecule has 1 saturated carbocycles. The van der Waals surface area contributed by atoms with E-state index in [0.717, 1.165) is 17.7 Å². The van der Waals surface area contributed by atoms with Crippen molar-refractivity contribution in [1.29, 1.82) is 0 Å². The minimum Gasteiger partial charge on any atom is -0.399 e. The van der Waals surface area contributed by atoms with Gasteiger partial charge in [0.25, 0.3) is 5.91 Å². The normalized spacial score (nSPS) is 14.0. The van der Waals surface area contributed by atoms with E-state index in [4.69, 9.17) is 5.73 Å². The van der Waals surface area contributed by atoms with Crippen LogP contribution in [0, 0.1) is 0 Å². The van der Waals surface area contributed by atoms with Gasteiger partial charge in [0, 0.05) is 23.8 Å². The highest BCUT2D eigenvalue weighted by atomic mass is 35.5. The molecular formula is C19H27ClN4O. The molecular weight excluding hydrogens is 336 g/mol. The molecule has 6 heteroatoms. The summed E-state index contributed by atoms with van der Waals surface area (Å²) >= 11 is 0. The summed E-state index contributed by atoms with van der Waals surface area (Å²) in [6, 6.07) is 9.69. The van der Waals surface area contributed by atoms with Gasteiger partial charge in [-0.15, -0.1) is 12.4 Å². The van der Waals surface area contributed by atoms with Crippen LogP contribution in [0.3, 0.4) is 0 Å². The zero-order valence-corrected chi connectivity index (χ0v) is 15.9. The maximum Gasteiger partial charge on any atom is 0.271 e. The van der Waals surface area contributed by atoms with Crippen LogP contribution in [-0.4, -0.2) is 22.2 Å². The van der Waals surface area contributed by atoms with Gasteiger partial charge in [-0.2, -0.15) is 5.10 Å². The van der Waals surface area contributed by atoms with Crippen LogP contribution in [0.25, 0.3) is 0 Å². The number of nitrogens with zero attached hydrogens (tertiary/aromatic N) is 2. The Morgan fingerprint density at radius 2 is 1.92 bits per heavy atom. The van der Waals surface area contributed by atoms with E-state index in [0.29, 0.717) is 18.2 Å². The van der Waals surface area contributed by atoms with E-state index in [1.54, 1.807) is 0 Å². The van der Waals surface area contributed by atoms with Crippen LogP contribution < -0.4 is 11.1 Å². The third-order valence-corrected chi connectivity index (χ3v) is 4.28. The summed E-state index contributed by atoms with van der Waals surface area (Å²) in [6.07, 6.45) is 3.17. The first kappa shape index (κ1) is 19.3. The van der Waals surface area contributed by atoms with Crippen molar-refractivity contribution < 1.29 is 4.79 Å². The van der Waals surface area contributed by atoms with E-state index < -0.39 is 0 Å². The summed E-state index contributed by atoms with van der Waals surface area (Å²) in [5.74, 6) is 0.461. The van der Waals surface area contributed by atoms with Crippen LogP contribution in [0.1, 0.15) is 61.3 Å². The minimum absolute atomic E-state index is 0. The van der Waals surface area contributed by atoms with Crippen molar-refractivity contribution in [2.75, 3.05) is 12.3 Å². The van der Waals surface area contributed by atoms with Crippen LogP contribution in [0.4, 0.5) is 5.69 Å². The Balaban J connectivity index is 0.00000225. The number of amides is 1. The smallest absolute Gasteiger partial charge is 0.271 e. The maximum absolute atomic E-state index is 12.4. The van der Waals surface area contributed by atoms with Gasteiger partial charge in [0.2, 0.25) is 0 Å². The van der Waals surface area contributed by atoms with Gasteiger partial charge < -0.3 is 11.1 Å². The fraction of sp³-hybridized carbons (Fsp3) is 0.474. The lowest BCUT2D eigenvalue weighted by Crippen LogP contribution is -2.28. The Kier molecular flexibility index (Phi) is 5.78. The van der Waals surface area contributed by atoms with E-state index in [2.05, 4.69) is 31.2 Å². The van der Waals surface area contributed by atoms with Crippen molar-refractivity contribution in [3.63, 3.8) is 0 Å². The van der Waals surface area contributed by atoms with E-state index in [9.17, 15) is 4.79 Å². The molecule has 136 valence electrons. The molecule has 0 unspecified atom stereocenters. The van der Waals surface area contributed by atoms with Crippen molar-refractivity contribution >= 4 is 24.0 Å².